The molecule has 49 heavy (non-hydrogen) atoms. The number of carbonyl (C=O) groups is 2. The minimum Gasteiger partial charge on any atom is -0.492 e. The predicted molar refractivity (Wildman–Crippen MR) is 191 cm³/mol. The Kier molecular flexibility index (Phi) is 9.16. The summed E-state index contributed by atoms with van der Waals surface area (Å²) >= 11 is 0. The topological polar surface area (TPSA) is 140 Å². The number of pyridine rings is 1. The number of hydrogen-bond acceptors (Lipinski definition) is 6. The highest BCUT2D eigenvalue weighted by Gasteiger charge is 2.22. The molecule has 0 saturated carbocycles. The van der Waals surface area contributed by atoms with Gasteiger partial charge in [0, 0.05) is 29.6 Å². The normalized spacial score (nSPS) is 11.2. The van der Waals surface area contributed by atoms with Crippen LogP contribution in [-0.4, -0.2) is 38.9 Å². The molecule has 0 aliphatic rings. The first-order valence-corrected chi connectivity index (χ1v) is 15.6. The third-order valence-electron chi connectivity index (χ3n) is 7.91. The Bertz CT molecular complexity index is 2140. The number of anilines is 3. The van der Waals surface area contributed by atoms with Gasteiger partial charge in [-0.1, -0.05) is 75.4 Å². The number of nitrogens with one attached hydrogen (secondary N) is 3. The first kappa shape index (κ1) is 32.6. The van der Waals surface area contributed by atoms with E-state index in [0.717, 1.165) is 33.3 Å². The van der Waals surface area contributed by atoms with Gasteiger partial charge in [-0.3, -0.25) is 10.3 Å². The number of fused-ring (bicyclic) bond motifs is 1. The molecule has 0 saturated heterocycles. The Hall–Kier alpha value is -6.36. The third kappa shape index (κ3) is 7.46. The molecule has 0 fully saturated rings. The lowest BCUT2D eigenvalue weighted by Crippen LogP contribution is -2.22. The standard InChI is InChI=1S/C38H36N6O5/c1-38(2,3)25-18-31(35(48-4)32(19-25)43-37(46)47)42-36(45)41-29-14-15-34(28-13-9-8-12-27(28)29)49-26-16-17-40-30(20-26)33-21-39-23-44(33)22-24-10-6-5-7-11-24/h5-21,23,43H,22H2,1-4H3,(H,46,47)(H2,41,42,45). The van der Waals surface area contributed by atoms with Crippen LogP contribution in [0, 0.1) is 0 Å². The van der Waals surface area contributed by atoms with Gasteiger partial charge in [0.05, 0.1) is 48.1 Å². The fourth-order valence-electron chi connectivity index (χ4n) is 5.51. The number of carboxylic acid groups (broad SMARTS) is 1. The van der Waals surface area contributed by atoms with Crippen molar-refractivity contribution in [3.05, 3.63) is 121 Å². The molecule has 248 valence electrons. The number of carbonyl (C=O) groups excluding carboxylic acids is 1. The molecular formula is C38H36N6O5. The quantitative estimate of drug-likeness (QED) is 0.122. The van der Waals surface area contributed by atoms with E-state index >= 15 is 0 Å². The fourth-order valence-corrected chi connectivity index (χ4v) is 5.51. The van der Waals surface area contributed by atoms with Gasteiger partial charge in [-0.25, -0.2) is 14.6 Å². The van der Waals surface area contributed by atoms with E-state index in [1.807, 2.05) is 73.9 Å². The monoisotopic (exact) mass is 656 g/mol. The van der Waals surface area contributed by atoms with Crippen molar-refractivity contribution in [1.82, 2.24) is 14.5 Å². The highest BCUT2D eigenvalue weighted by atomic mass is 16.5. The molecule has 11 nitrogen and oxygen atoms in total. The van der Waals surface area contributed by atoms with Crippen LogP contribution in [0.1, 0.15) is 31.9 Å². The molecule has 0 atom stereocenters. The van der Waals surface area contributed by atoms with Crippen molar-refractivity contribution >= 4 is 40.0 Å². The molecule has 3 amide bonds. The lowest BCUT2D eigenvalue weighted by atomic mass is 9.86. The van der Waals surface area contributed by atoms with Crippen molar-refractivity contribution in [2.24, 2.45) is 0 Å². The largest absolute Gasteiger partial charge is 0.492 e. The van der Waals surface area contributed by atoms with Gasteiger partial charge in [-0.2, -0.15) is 0 Å². The minimum absolute atomic E-state index is 0.194. The molecule has 4 aromatic carbocycles. The van der Waals surface area contributed by atoms with Gasteiger partial charge in [-0.05, 0) is 46.9 Å². The Balaban J connectivity index is 1.25. The third-order valence-corrected chi connectivity index (χ3v) is 7.91. The van der Waals surface area contributed by atoms with Crippen molar-refractivity contribution in [1.29, 1.82) is 0 Å². The van der Waals surface area contributed by atoms with Gasteiger partial charge in [-0.15, -0.1) is 0 Å². The van der Waals surface area contributed by atoms with E-state index in [1.165, 1.54) is 7.11 Å². The second-order valence-corrected chi connectivity index (χ2v) is 12.4. The number of hydrogen-bond donors (Lipinski definition) is 4. The van der Waals surface area contributed by atoms with E-state index in [4.69, 9.17) is 9.47 Å². The number of amides is 3. The molecular weight excluding hydrogens is 620 g/mol. The zero-order chi connectivity index (χ0) is 34.5. The number of nitrogens with zero attached hydrogens (tertiary/aromatic N) is 3. The number of imidazole rings is 1. The number of benzene rings is 4. The van der Waals surface area contributed by atoms with Gasteiger partial charge >= 0.3 is 12.1 Å². The number of urea groups is 1. The number of ether oxygens (including phenoxy) is 2. The summed E-state index contributed by atoms with van der Waals surface area (Å²) in [6.45, 7) is 6.64. The van der Waals surface area contributed by atoms with Crippen LogP contribution in [0.4, 0.5) is 26.7 Å². The molecule has 0 aliphatic carbocycles. The van der Waals surface area contributed by atoms with Crippen LogP contribution < -0.4 is 25.4 Å². The smallest absolute Gasteiger partial charge is 0.409 e. The van der Waals surface area contributed by atoms with E-state index in [-0.39, 0.29) is 16.9 Å². The van der Waals surface area contributed by atoms with Crippen LogP contribution >= 0.6 is 0 Å². The first-order chi connectivity index (χ1) is 23.6. The van der Waals surface area contributed by atoms with Crippen LogP contribution in [0.5, 0.6) is 17.2 Å². The molecule has 0 aliphatic heterocycles. The summed E-state index contributed by atoms with van der Waals surface area (Å²) in [6, 6.07) is 27.9. The van der Waals surface area contributed by atoms with Gasteiger partial charge in [0.25, 0.3) is 0 Å². The first-order valence-electron chi connectivity index (χ1n) is 15.6. The summed E-state index contributed by atoms with van der Waals surface area (Å²) in [7, 11) is 1.42. The van der Waals surface area contributed by atoms with Gasteiger partial charge in [0.15, 0.2) is 5.75 Å². The van der Waals surface area contributed by atoms with E-state index in [0.29, 0.717) is 29.4 Å². The lowest BCUT2D eigenvalue weighted by Gasteiger charge is -2.23. The maximum atomic E-state index is 13.4. The van der Waals surface area contributed by atoms with Crippen LogP contribution in [0.25, 0.3) is 22.2 Å². The molecule has 2 heterocycles. The van der Waals surface area contributed by atoms with E-state index < -0.39 is 12.1 Å². The molecule has 0 radical (unpaired) electrons. The predicted octanol–water partition coefficient (Wildman–Crippen LogP) is 8.98. The zero-order valence-electron chi connectivity index (χ0n) is 27.5. The van der Waals surface area contributed by atoms with Crippen molar-refractivity contribution in [2.75, 3.05) is 23.1 Å². The van der Waals surface area contributed by atoms with E-state index in [2.05, 4.69) is 38.1 Å². The summed E-state index contributed by atoms with van der Waals surface area (Å²) in [5.41, 5.74) is 4.30. The van der Waals surface area contributed by atoms with Crippen LogP contribution in [0.3, 0.4) is 0 Å². The number of rotatable bonds is 9. The van der Waals surface area contributed by atoms with Crippen LogP contribution in [-0.2, 0) is 12.0 Å². The summed E-state index contributed by atoms with van der Waals surface area (Å²) in [6.07, 6.45) is 4.03. The molecule has 0 unspecified atom stereocenters. The zero-order valence-corrected chi connectivity index (χ0v) is 27.5. The summed E-state index contributed by atoms with van der Waals surface area (Å²) in [5.74, 6) is 1.39. The second-order valence-electron chi connectivity index (χ2n) is 12.4. The molecule has 0 bridgehead atoms. The fraction of sp³-hybridized carbons (Fsp3) is 0.158. The van der Waals surface area contributed by atoms with Crippen molar-refractivity contribution in [2.45, 2.75) is 32.7 Å². The SMILES string of the molecule is COc1c(NC(=O)O)cc(C(C)(C)C)cc1NC(=O)Nc1ccc(Oc2ccnc(-c3cncn3Cc3ccccc3)c2)c2ccccc12. The molecule has 6 aromatic rings. The summed E-state index contributed by atoms with van der Waals surface area (Å²) in [4.78, 5) is 33.8. The Labute approximate surface area is 283 Å². The van der Waals surface area contributed by atoms with Gasteiger partial charge < -0.3 is 29.8 Å². The number of methoxy groups -OCH3 is 1. The molecule has 6 rings (SSSR count). The highest BCUT2D eigenvalue weighted by molar-refractivity contribution is 6.08. The second kappa shape index (κ2) is 13.8. The van der Waals surface area contributed by atoms with E-state index in [1.54, 1.807) is 49.1 Å². The van der Waals surface area contributed by atoms with Gasteiger partial charge in [0.1, 0.15) is 11.5 Å². The average molecular weight is 657 g/mol. The van der Waals surface area contributed by atoms with Crippen LogP contribution in [0.2, 0.25) is 0 Å². The van der Waals surface area contributed by atoms with Crippen LogP contribution in [0.15, 0.2) is 110 Å². The average Bonchev–Trinajstić information content (AvgIpc) is 3.54. The Morgan fingerprint density at radius 2 is 1.53 bits per heavy atom. The Morgan fingerprint density at radius 3 is 2.24 bits per heavy atom. The van der Waals surface area contributed by atoms with Gasteiger partial charge in [0.2, 0.25) is 0 Å². The maximum absolute atomic E-state index is 13.4. The molecule has 0 spiro atoms. The Morgan fingerprint density at radius 1 is 0.837 bits per heavy atom. The molecule has 2 aromatic heterocycles. The minimum atomic E-state index is -1.24. The summed E-state index contributed by atoms with van der Waals surface area (Å²) in [5, 5.41) is 19.1. The maximum Gasteiger partial charge on any atom is 0.409 e. The van der Waals surface area contributed by atoms with Crippen molar-refractivity contribution < 1.29 is 24.2 Å². The summed E-state index contributed by atoms with van der Waals surface area (Å²) < 4.78 is 13.9. The van der Waals surface area contributed by atoms with E-state index in [9.17, 15) is 14.7 Å². The number of aromatic nitrogens is 3. The lowest BCUT2D eigenvalue weighted by molar-refractivity contribution is 0.209. The van der Waals surface area contributed by atoms with Crippen molar-refractivity contribution in [3.63, 3.8) is 0 Å². The van der Waals surface area contributed by atoms with Crippen molar-refractivity contribution in [3.8, 4) is 28.6 Å². The highest BCUT2D eigenvalue weighted by Crippen LogP contribution is 2.39. The molecule has 11 heteroatoms. The molecule has 4 N–H and O–H groups in total.